The average Bonchev–Trinajstić information content (AvgIpc) is 2.49. The number of rotatable bonds is 5. The second-order valence-electron chi connectivity index (χ2n) is 5.52. The van der Waals surface area contributed by atoms with Crippen molar-refractivity contribution in [2.24, 2.45) is 0 Å². The lowest BCUT2D eigenvalue weighted by molar-refractivity contribution is -0.123. The fourth-order valence-electron chi connectivity index (χ4n) is 2.19. The molecule has 0 unspecified atom stereocenters. The SMILES string of the molecule is CC(C)c1ccccc1NC(=O)CC(=O)Nc1ccc(Br)cc1. The number of hydrogen-bond acceptors (Lipinski definition) is 2. The molecule has 2 aromatic rings. The normalized spacial score (nSPS) is 10.4. The standard InChI is InChI=1S/C18H19BrN2O2/c1-12(2)15-5-3-4-6-16(15)21-18(23)11-17(22)20-14-9-7-13(19)8-10-14/h3-10,12H,11H2,1-2H3,(H,20,22)(H,21,23). The average molecular weight is 375 g/mol. The molecule has 0 spiro atoms. The Morgan fingerprint density at radius 2 is 1.57 bits per heavy atom. The van der Waals surface area contributed by atoms with E-state index in [1.165, 1.54) is 0 Å². The molecule has 0 radical (unpaired) electrons. The maximum atomic E-state index is 12.1. The van der Waals surface area contributed by atoms with E-state index in [0.29, 0.717) is 11.6 Å². The second-order valence-corrected chi connectivity index (χ2v) is 6.44. The summed E-state index contributed by atoms with van der Waals surface area (Å²) in [5.41, 5.74) is 2.46. The largest absolute Gasteiger partial charge is 0.326 e. The maximum absolute atomic E-state index is 12.1. The van der Waals surface area contributed by atoms with Gasteiger partial charge < -0.3 is 10.6 Å². The molecule has 0 saturated heterocycles. The molecule has 0 atom stereocenters. The van der Waals surface area contributed by atoms with Gasteiger partial charge in [-0.3, -0.25) is 9.59 Å². The van der Waals surface area contributed by atoms with Crippen LogP contribution >= 0.6 is 15.9 Å². The van der Waals surface area contributed by atoms with Crippen LogP contribution in [0.15, 0.2) is 53.0 Å². The molecule has 0 aromatic heterocycles. The Balaban J connectivity index is 1.94. The first-order chi connectivity index (χ1) is 11.0. The molecule has 23 heavy (non-hydrogen) atoms. The summed E-state index contributed by atoms with van der Waals surface area (Å²) in [6.07, 6.45) is -0.220. The Bertz CT molecular complexity index is 696. The van der Waals surface area contributed by atoms with E-state index < -0.39 is 0 Å². The van der Waals surface area contributed by atoms with Crippen molar-refractivity contribution >= 4 is 39.1 Å². The van der Waals surface area contributed by atoms with Crippen LogP contribution in [0.3, 0.4) is 0 Å². The van der Waals surface area contributed by atoms with Crippen LogP contribution in [0.5, 0.6) is 0 Å². The van der Waals surface area contributed by atoms with E-state index in [2.05, 4.69) is 40.4 Å². The summed E-state index contributed by atoms with van der Waals surface area (Å²) in [6.45, 7) is 4.12. The molecule has 0 fully saturated rings. The number of carbonyl (C=O) groups is 2. The van der Waals surface area contributed by atoms with Gasteiger partial charge in [-0.1, -0.05) is 48.0 Å². The summed E-state index contributed by atoms with van der Waals surface area (Å²) < 4.78 is 0.929. The van der Waals surface area contributed by atoms with Crippen molar-refractivity contribution in [1.29, 1.82) is 0 Å². The van der Waals surface area contributed by atoms with E-state index in [-0.39, 0.29) is 18.2 Å². The zero-order valence-electron chi connectivity index (χ0n) is 13.1. The van der Waals surface area contributed by atoms with E-state index in [1.807, 2.05) is 36.4 Å². The van der Waals surface area contributed by atoms with E-state index in [4.69, 9.17) is 0 Å². The minimum Gasteiger partial charge on any atom is -0.326 e. The van der Waals surface area contributed by atoms with Crippen molar-refractivity contribution in [2.45, 2.75) is 26.2 Å². The predicted molar refractivity (Wildman–Crippen MR) is 96.5 cm³/mol. The summed E-state index contributed by atoms with van der Waals surface area (Å²) in [5, 5.41) is 5.51. The van der Waals surface area contributed by atoms with Gasteiger partial charge in [0.25, 0.3) is 0 Å². The zero-order valence-corrected chi connectivity index (χ0v) is 14.7. The van der Waals surface area contributed by atoms with Crippen LogP contribution < -0.4 is 10.6 Å². The fraction of sp³-hybridized carbons (Fsp3) is 0.222. The Morgan fingerprint density at radius 1 is 0.957 bits per heavy atom. The van der Waals surface area contributed by atoms with Gasteiger partial charge >= 0.3 is 0 Å². The maximum Gasteiger partial charge on any atom is 0.233 e. The summed E-state index contributed by atoms with van der Waals surface area (Å²) in [4.78, 5) is 24.0. The molecule has 0 heterocycles. The van der Waals surface area contributed by atoms with Gasteiger partial charge in [-0.15, -0.1) is 0 Å². The summed E-state index contributed by atoms with van der Waals surface area (Å²) >= 11 is 3.33. The van der Waals surface area contributed by atoms with Gasteiger partial charge in [0.1, 0.15) is 6.42 Å². The van der Waals surface area contributed by atoms with Gasteiger partial charge in [-0.25, -0.2) is 0 Å². The summed E-state index contributed by atoms with van der Waals surface area (Å²) in [7, 11) is 0. The van der Waals surface area contributed by atoms with Gasteiger partial charge in [0.05, 0.1) is 0 Å². The monoisotopic (exact) mass is 374 g/mol. The van der Waals surface area contributed by atoms with Crippen LogP contribution in [0.4, 0.5) is 11.4 Å². The third-order valence-corrected chi connectivity index (χ3v) is 3.83. The first-order valence-electron chi connectivity index (χ1n) is 7.40. The predicted octanol–water partition coefficient (Wildman–Crippen LogP) is 4.54. The molecule has 5 heteroatoms. The number of anilines is 2. The van der Waals surface area contributed by atoms with Gasteiger partial charge in [-0.2, -0.15) is 0 Å². The van der Waals surface area contributed by atoms with Gasteiger partial charge in [-0.05, 0) is 41.8 Å². The van der Waals surface area contributed by atoms with E-state index in [9.17, 15) is 9.59 Å². The highest BCUT2D eigenvalue weighted by Gasteiger charge is 2.13. The van der Waals surface area contributed by atoms with Crippen molar-refractivity contribution < 1.29 is 9.59 Å². The van der Waals surface area contributed by atoms with Crippen LogP contribution in [0.2, 0.25) is 0 Å². The van der Waals surface area contributed by atoms with Crippen LogP contribution in [0.25, 0.3) is 0 Å². The first-order valence-corrected chi connectivity index (χ1v) is 8.19. The fourth-order valence-corrected chi connectivity index (χ4v) is 2.46. The minimum atomic E-state index is -0.341. The van der Waals surface area contributed by atoms with E-state index in [1.54, 1.807) is 12.1 Å². The number of halogens is 1. The number of hydrogen-bond donors (Lipinski definition) is 2. The summed E-state index contributed by atoms with van der Waals surface area (Å²) in [5.74, 6) is -0.373. The molecular formula is C18H19BrN2O2. The molecule has 0 saturated carbocycles. The lowest BCUT2D eigenvalue weighted by atomic mass is 10.0. The summed E-state index contributed by atoms with van der Waals surface area (Å²) in [6, 6.07) is 14.8. The van der Waals surface area contributed by atoms with Crippen molar-refractivity contribution in [3.8, 4) is 0 Å². The third-order valence-electron chi connectivity index (χ3n) is 3.31. The van der Waals surface area contributed by atoms with Gasteiger partial charge in [0, 0.05) is 15.8 Å². The van der Waals surface area contributed by atoms with Crippen LogP contribution in [0, 0.1) is 0 Å². The quantitative estimate of drug-likeness (QED) is 0.754. The topological polar surface area (TPSA) is 58.2 Å². The van der Waals surface area contributed by atoms with Crippen molar-refractivity contribution in [1.82, 2.24) is 0 Å². The van der Waals surface area contributed by atoms with Crippen LogP contribution in [0.1, 0.15) is 31.7 Å². The molecule has 0 aliphatic carbocycles. The number of amides is 2. The molecule has 2 amide bonds. The first kappa shape index (κ1) is 17.2. The smallest absolute Gasteiger partial charge is 0.233 e. The van der Waals surface area contributed by atoms with Crippen molar-refractivity contribution in [3.05, 3.63) is 58.6 Å². The second kappa shape index (κ2) is 7.92. The molecule has 2 rings (SSSR count). The highest BCUT2D eigenvalue weighted by atomic mass is 79.9. The van der Waals surface area contributed by atoms with Crippen LogP contribution in [-0.2, 0) is 9.59 Å². The third kappa shape index (κ3) is 5.21. The number of benzene rings is 2. The molecule has 120 valence electrons. The number of para-hydroxylation sites is 1. The van der Waals surface area contributed by atoms with E-state index in [0.717, 1.165) is 15.7 Å². The highest BCUT2D eigenvalue weighted by molar-refractivity contribution is 9.10. The minimum absolute atomic E-state index is 0.220. The Hall–Kier alpha value is -2.14. The lowest BCUT2D eigenvalue weighted by Gasteiger charge is -2.13. The van der Waals surface area contributed by atoms with Crippen LogP contribution in [-0.4, -0.2) is 11.8 Å². The molecule has 4 nitrogen and oxygen atoms in total. The van der Waals surface area contributed by atoms with Gasteiger partial charge in [0.15, 0.2) is 0 Å². The molecule has 0 aliphatic rings. The zero-order chi connectivity index (χ0) is 16.8. The molecule has 2 aromatic carbocycles. The van der Waals surface area contributed by atoms with Crippen molar-refractivity contribution in [3.63, 3.8) is 0 Å². The molecule has 2 N–H and O–H groups in total. The van der Waals surface area contributed by atoms with E-state index >= 15 is 0 Å². The molecule has 0 aliphatic heterocycles. The molecule has 0 bridgehead atoms. The highest BCUT2D eigenvalue weighted by Crippen LogP contribution is 2.23. The Labute approximate surface area is 144 Å². The molecular weight excluding hydrogens is 356 g/mol. The Kier molecular flexibility index (Phi) is 5.93. The Morgan fingerprint density at radius 3 is 2.22 bits per heavy atom. The lowest BCUT2D eigenvalue weighted by Crippen LogP contribution is -2.22. The van der Waals surface area contributed by atoms with Gasteiger partial charge in [0.2, 0.25) is 11.8 Å². The van der Waals surface area contributed by atoms with Crippen molar-refractivity contribution in [2.75, 3.05) is 10.6 Å². The number of nitrogens with one attached hydrogen (secondary N) is 2. The number of carbonyl (C=O) groups excluding carboxylic acids is 2.